The zero-order chi connectivity index (χ0) is 14.2. The molecule has 0 spiro atoms. The molecule has 1 aliphatic carbocycles. The Labute approximate surface area is 116 Å². The fraction of sp³-hybridized carbons (Fsp3) is 0.643. The SMILES string of the molecule is FC(F)(F)c1ccc(N2CCCC(NC3CC3)C2)cn1. The van der Waals surface area contributed by atoms with E-state index in [2.05, 4.69) is 15.2 Å². The van der Waals surface area contributed by atoms with E-state index in [1.165, 1.54) is 25.1 Å². The van der Waals surface area contributed by atoms with E-state index in [4.69, 9.17) is 0 Å². The molecule has 0 radical (unpaired) electrons. The Kier molecular flexibility index (Phi) is 3.58. The van der Waals surface area contributed by atoms with Crippen LogP contribution in [-0.2, 0) is 6.18 Å². The Morgan fingerprint density at radius 1 is 1.15 bits per heavy atom. The van der Waals surface area contributed by atoms with E-state index in [0.29, 0.717) is 12.1 Å². The van der Waals surface area contributed by atoms with Gasteiger partial charge in [-0.25, -0.2) is 4.98 Å². The zero-order valence-corrected chi connectivity index (χ0v) is 11.2. The maximum atomic E-state index is 12.5. The third-order valence-corrected chi connectivity index (χ3v) is 3.87. The lowest BCUT2D eigenvalue weighted by atomic mass is 10.1. The monoisotopic (exact) mass is 285 g/mol. The molecule has 20 heavy (non-hydrogen) atoms. The third-order valence-electron chi connectivity index (χ3n) is 3.87. The molecule has 1 aromatic rings. The van der Waals surface area contributed by atoms with Crippen LogP contribution in [-0.4, -0.2) is 30.2 Å². The molecule has 2 fully saturated rings. The second-order valence-corrected chi connectivity index (χ2v) is 5.63. The second kappa shape index (κ2) is 5.24. The summed E-state index contributed by atoms with van der Waals surface area (Å²) in [7, 11) is 0. The van der Waals surface area contributed by atoms with E-state index in [1.807, 2.05) is 0 Å². The van der Waals surface area contributed by atoms with Gasteiger partial charge in [0.2, 0.25) is 0 Å². The molecule has 2 heterocycles. The Hall–Kier alpha value is -1.30. The van der Waals surface area contributed by atoms with Crippen LogP contribution in [0.5, 0.6) is 0 Å². The molecule has 6 heteroatoms. The number of nitrogens with zero attached hydrogens (tertiary/aromatic N) is 2. The van der Waals surface area contributed by atoms with Gasteiger partial charge in [-0.05, 0) is 37.8 Å². The van der Waals surface area contributed by atoms with Gasteiger partial charge in [0, 0.05) is 25.2 Å². The van der Waals surface area contributed by atoms with E-state index < -0.39 is 11.9 Å². The van der Waals surface area contributed by atoms with Crippen LogP contribution < -0.4 is 10.2 Å². The molecule has 1 saturated carbocycles. The molecule has 2 aliphatic rings. The maximum absolute atomic E-state index is 12.5. The Morgan fingerprint density at radius 2 is 1.95 bits per heavy atom. The Morgan fingerprint density at radius 3 is 2.55 bits per heavy atom. The number of aromatic nitrogens is 1. The summed E-state index contributed by atoms with van der Waals surface area (Å²) in [6.07, 6.45) is 1.67. The summed E-state index contributed by atoms with van der Waals surface area (Å²) in [6, 6.07) is 3.69. The van der Waals surface area contributed by atoms with Crippen LogP contribution in [0.1, 0.15) is 31.4 Å². The van der Waals surface area contributed by atoms with Crippen molar-refractivity contribution in [3.05, 3.63) is 24.0 Å². The summed E-state index contributed by atoms with van der Waals surface area (Å²) in [5, 5.41) is 3.59. The molecule has 0 aromatic carbocycles. The lowest BCUT2D eigenvalue weighted by molar-refractivity contribution is -0.141. The van der Waals surface area contributed by atoms with E-state index >= 15 is 0 Å². The summed E-state index contributed by atoms with van der Waals surface area (Å²) in [6.45, 7) is 1.74. The molecule has 1 aliphatic heterocycles. The largest absolute Gasteiger partial charge is 0.433 e. The van der Waals surface area contributed by atoms with Crippen molar-refractivity contribution in [3.8, 4) is 0 Å². The molecule has 1 N–H and O–H groups in total. The van der Waals surface area contributed by atoms with Crippen LogP contribution in [0.4, 0.5) is 18.9 Å². The molecule has 0 bridgehead atoms. The van der Waals surface area contributed by atoms with Crippen LogP contribution in [0.25, 0.3) is 0 Å². The average Bonchev–Trinajstić information content (AvgIpc) is 3.22. The standard InChI is InChI=1S/C14H18F3N3/c15-14(16,17)13-6-5-12(8-18-13)20-7-1-2-11(9-20)19-10-3-4-10/h5-6,8,10-11,19H,1-4,7,9H2. The quantitative estimate of drug-likeness (QED) is 0.925. The van der Waals surface area contributed by atoms with Crippen molar-refractivity contribution in [3.63, 3.8) is 0 Å². The molecule has 1 atom stereocenters. The number of rotatable bonds is 3. The topological polar surface area (TPSA) is 28.2 Å². The van der Waals surface area contributed by atoms with Gasteiger partial charge in [-0.2, -0.15) is 13.2 Å². The van der Waals surface area contributed by atoms with Gasteiger partial charge in [0.25, 0.3) is 0 Å². The van der Waals surface area contributed by atoms with Crippen LogP contribution >= 0.6 is 0 Å². The van der Waals surface area contributed by atoms with E-state index in [0.717, 1.165) is 37.7 Å². The first-order chi connectivity index (χ1) is 9.52. The van der Waals surface area contributed by atoms with Gasteiger partial charge >= 0.3 is 6.18 Å². The van der Waals surface area contributed by atoms with Crippen LogP contribution in [0, 0.1) is 0 Å². The highest BCUT2D eigenvalue weighted by molar-refractivity contribution is 5.45. The number of nitrogens with one attached hydrogen (secondary N) is 1. The van der Waals surface area contributed by atoms with Gasteiger partial charge in [-0.15, -0.1) is 0 Å². The number of alkyl halides is 3. The maximum Gasteiger partial charge on any atom is 0.433 e. The number of pyridine rings is 1. The summed E-state index contributed by atoms with van der Waals surface area (Å²) in [4.78, 5) is 5.66. The van der Waals surface area contributed by atoms with Crippen molar-refractivity contribution in [1.82, 2.24) is 10.3 Å². The first kappa shape index (κ1) is 13.7. The fourth-order valence-electron chi connectivity index (χ4n) is 2.67. The highest BCUT2D eigenvalue weighted by Crippen LogP contribution is 2.29. The average molecular weight is 285 g/mol. The van der Waals surface area contributed by atoms with Crippen LogP contribution in [0.15, 0.2) is 18.3 Å². The van der Waals surface area contributed by atoms with E-state index in [1.54, 1.807) is 0 Å². The number of anilines is 1. The van der Waals surface area contributed by atoms with Crippen molar-refractivity contribution in [2.24, 2.45) is 0 Å². The predicted octanol–water partition coefficient (Wildman–Crippen LogP) is 2.82. The number of hydrogen-bond acceptors (Lipinski definition) is 3. The molecule has 3 rings (SSSR count). The molecule has 0 amide bonds. The first-order valence-corrected chi connectivity index (χ1v) is 7.06. The lowest BCUT2D eigenvalue weighted by Crippen LogP contribution is -2.46. The van der Waals surface area contributed by atoms with Crippen LogP contribution in [0.2, 0.25) is 0 Å². The smallest absolute Gasteiger partial charge is 0.369 e. The van der Waals surface area contributed by atoms with Crippen molar-refractivity contribution < 1.29 is 13.2 Å². The zero-order valence-electron chi connectivity index (χ0n) is 11.2. The minimum absolute atomic E-state index is 0.443. The molecule has 1 unspecified atom stereocenters. The molecular weight excluding hydrogens is 267 g/mol. The van der Waals surface area contributed by atoms with Gasteiger partial charge in [0.1, 0.15) is 5.69 Å². The Balaban J connectivity index is 1.65. The second-order valence-electron chi connectivity index (χ2n) is 5.63. The third kappa shape index (κ3) is 3.23. The number of halogens is 3. The molecule has 1 saturated heterocycles. The molecular formula is C14H18F3N3. The summed E-state index contributed by atoms with van der Waals surface area (Å²) >= 11 is 0. The van der Waals surface area contributed by atoms with E-state index in [-0.39, 0.29) is 0 Å². The van der Waals surface area contributed by atoms with Gasteiger partial charge in [-0.3, -0.25) is 0 Å². The van der Waals surface area contributed by atoms with Crippen molar-refractivity contribution in [2.75, 3.05) is 18.0 Å². The summed E-state index contributed by atoms with van der Waals surface area (Å²) < 4.78 is 37.5. The van der Waals surface area contributed by atoms with Gasteiger partial charge < -0.3 is 10.2 Å². The number of hydrogen-bond donors (Lipinski definition) is 1. The Bertz CT molecular complexity index is 454. The molecule has 110 valence electrons. The van der Waals surface area contributed by atoms with Gasteiger partial charge in [0.15, 0.2) is 0 Å². The normalized spacial score (nSPS) is 23.9. The molecule has 3 nitrogen and oxygen atoms in total. The van der Waals surface area contributed by atoms with Gasteiger partial charge in [0.05, 0.1) is 11.9 Å². The summed E-state index contributed by atoms with van der Waals surface area (Å²) in [5.74, 6) is 0. The minimum Gasteiger partial charge on any atom is -0.369 e. The summed E-state index contributed by atoms with van der Waals surface area (Å²) in [5.41, 5.74) is -0.0498. The van der Waals surface area contributed by atoms with Gasteiger partial charge in [-0.1, -0.05) is 0 Å². The minimum atomic E-state index is -4.36. The van der Waals surface area contributed by atoms with Crippen molar-refractivity contribution in [1.29, 1.82) is 0 Å². The van der Waals surface area contributed by atoms with Crippen molar-refractivity contribution >= 4 is 5.69 Å². The number of piperidine rings is 1. The fourth-order valence-corrected chi connectivity index (χ4v) is 2.67. The van der Waals surface area contributed by atoms with E-state index in [9.17, 15) is 13.2 Å². The first-order valence-electron chi connectivity index (χ1n) is 7.06. The highest BCUT2D eigenvalue weighted by atomic mass is 19.4. The van der Waals surface area contributed by atoms with Crippen LogP contribution in [0.3, 0.4) is 0 Å². The highest BCUT2D eigenvalue weighted by Gasteiger charge is 2.32. The van der Waals surface area contributed by atoms with Crippen molar-refractivity contribution in [2.45, 2.75) is 43.9 Å². The molecule has 1 aromatic heterocycles. The lowest BCUT2D eigenvalue weighted by Gasteiger charge is -2.34. The predicted molar refractivity (Wildman–Crippen MR) is 70.6 cm³/mol.